The molecule has 1 rings (SSSR count). The second kappa shape index (κ2) is 5.48. The van der Waals surface area contributed by atoms with E-state index >= 15 is 0 Å². The van der Waals surface area contributed by atoms with Crippen molar-refractivity contribution in [2.75, 3.05) is 0 Å². The summed E-state index contributed by atoms with van der Waals surface area (Å²) in [5.74, 6) is -0.378. The molecule has 0 radical (unpaired) electrons. The van der Waals surface area contributed by atoms with Crippen LogP contribution in [-0.4, -0.2) is 14.2 Å². The Morgan fingerprint density at radius 1 is 1.17 bits per heavy atom. The Balaban J connectivity index is 3.15. The lowest BCUT2D eigenvalue weighted by Crippen LogP contribution is -2.08. The largest absolute Gasteiger partial charge is 0.295 e. The number of hydrogen-bond acceptors (Lipinski definition) is 3. The molecule has 0 N–H and O–H groups in total. The van der Waals surface area contributed by atoms with Crippen LogP contribution in [0.1, 0.15) is 26.3 Å². The SMILES string of the molecule is C/C(=C\C(=O)C(C)C)S(=O)(=O)c1ccc(C)cc1. The summed E-state index contributed by atoms with van der Waals surface area (Å²) >= 11 is 0. The zero-order chi connectivity index (χ0) is 13.9. The Labute approximate surface area is 108 Å². The van der Waals surface area contributed by atoms with Crippen LogP contribution in [0.5, 0.6) is 0 Å². The molecule has 18 heavy (non-hydrogen) atoms. The lowest BCUT2D eigenvalue weighted by molar-refractivity contribution is -0.117. The van der Waals surface area contributed by atoms with Crippen LogP contribution in [-0.2, 0) is 14.6 Å². The summed E-state index contributed by atoms with van der Waals surface area (Å²) < 4.78 is 24.4. The molecule has 0 fully saturated rings. The minimum absolute atomic E-state index is 0.0880. The van der Waals surface area contributed by atoms with Gasteiger partial charge < -0.3 is 0 Å². The van der Waals surface area contributed by atoms with Crippen LogP contribution in [0.3, 0.4) is 0 Å². The highest BCUT2D eigenvalue weighted by Gasteiger charge is 2.18. The second-order valence-corrected chi connectivity index (χ2v) is 6.75. The molecule has 1 aromatic rings. The van der Waals surface area contributed by atoms with Crippen LogP contribution in [0.4, 0.5) is 0 Å². The maximum absolute atomic E-state index is 12.2. The number of benzene rings is 1. The molecule has 0 heterocycles. The summed E-state index contributed by atoms with van der Waals surface area (Å²) in [7, 11) is -3.54. The number of aryl methyl sites for hydroxylation is 1. The molecular formula is C14H18O3S. The number of rotatable bonds is 4. The molecule has 4 heteroatoms. The molecule has 0 aliphatic rings. The van der Waals surface area contributed by atoms with Crippen molar-refractivity contribution in [3.63, 3.8) is 0 Å². The topological polar surface area (TPSA) is 51.2 Å². The second-order valence-electron chi connectivity index (χ2n) is 4.63. The highest BCUT2D eigenvalue weighted by Crippen LogP contribution is 2.19. The molecule has 0 saturated heterocycles. The number of carbonyl (C=O) groups is 1. The van der Waals surface area contributed by atoms with Crippen LogP contribution < -0.4 is 0 Å². The predicted octanol–water partition coefficient (Wildman–Crippen LogP) is 2.90. The number of ketones is 1. The van der Waals surface area contributed by atoms with E-state index in [0.717, 1.165) is 5.56 Å². The Morgan fingerprint density at radius 2 is 1.67 bits per heavy atom. The fraction of sp³-hybridized carbons (Fsp3) is 0.357. The summed E-state index contributed by atoms with van der Waals surface area (Å²) in [6, 6.07) is 6.60. The fourth-order valence-corrected chi connectivity index (χ4v) is 2.49. The highest BCUT2D eigenvalue weighted by molar-refractivity contribution is 7.95. The molecule has 0 spiro atoms. The zero-order valence-corrected chi connectivity index (χ0v) is 11.9. The van der Waals surface area contributed by atoms with Gasteiger partial charge in [0.25, 0.3) is 0 Å². The molecule has 0 atom stereocenters. The van der Waals surface area contributed by atoms with Gasteiger partial charge in [-0.2, -0.15) is 0 Å². The summed E-state index contributed by atoms with van der Waals surface area (Å²) in [4.78, 5) is 11.9. The van der Waals surface area contributed by atoms with Crippen LogP contribution >= 0.6 is 0 Å². The number of sulfone groups is 1. The molecule has 3 nitrogen and oxygen atoms in total. The zero-order valence-electron chi connectivity index (χ0n) is 11.1. The van der Waals surface area contributed by atoms with E-state index in [4.69, 9.17) is 0 Å². The summed E-state index contributed by atoms with van der Waals surface area (Å²) in [6.45, 7) is 6.83. The van der Waals surface area contributed by atoms with Gasteiger partial charge in [-0.3, -0.25) is 4.79 Å². The Bertz CT molecular complexity index is 564. The molecule has 1 aromatic carbocycles. The van der Waals surface area contributed by atoms with Gasteiger partial charge >= 0.3 is 0 Å². The van der Waals surface area contributed by atoms with Gasteiger partial charge in [0.15, 0.2) is 5.78 Å². The number of hydrogen-bond donors (Lipinski definition) is 0. The van der Waals surface area contributed by atoms with Gasteiger partial charge in [0.1, 0.15) is 0 Å². The minimum atomic E-state index is -3.54. The first-order valence-electron chi connectivity index (χ1n) is 5.79. The summed E-state index contributed by atoms with van der Waals surface area (Å²) in [6.07, 6.45) is 1.21. The van der Waals surface area contributed by atoms with E-state index in [-0.39, 0.29) is 21.5 Å². The standard InChI is InChI=1S/C14H18O3S/c1-10(2)14(15)9-12(4)18(16,17)13-7-5-11(3)6-8-13/h5-10H,1-4H3/b12-9+. The Kier molecular flexibility index (Phi) is 4.46. The van der Waals surface area contributed by atoms with E-state index in [9.17, 15) is 13.2 Å². The minimum Gasteiger partial charge on any atom is -0.295 e. The molecule has 0 bridgehead atoms. The van der Waals surface area contributed by atoms with Gasteiger partial charge in [0.2, 0.25) is 9.84 Å². The van der Waals surface area contributed by atoms with Crippen molar-refractivity contribution < 1.29 is 13.2 Å². The van der Waals surface area contributed by atoms with E-state index in [1.165, 1.54) is 13.0 Å². The first kappa shape index (κ1) is 14.6. The maximum atomic E-state index is 12.2. The third-order valence-electron chi connectivity index (χ3n) is 2.67. The summed E-state index contributed by atoms with van der Waals surface area (Å²) in [5.41, 5.74) is 0.994. The molecule has 98 valence electrons. The van der Waals surface area contributed by atoms with Crippen LogP contribution in [0.25, 0.3) is 0 Å². The van der Waals surface area contributed by atoms with E-state index in [2.05, 4.69) is 0 Å². The van der Waals surface area contributed by atoms with E-state index in [1.807, 2.05) is 6.92 Å². The van der Waals surface area contributed by atoms with Crippen molar-refractivity contribution in [2.24, 2.45) is 5.92 Å². The molecule has 0 saturated carbocycles. The van der Waals surface area contributed by atoms with Gasteiger partial charge in [0.05, 0.1) is 4.90 Å². The first-order chi connectivity index (χ1) is 8.25. The maximum Gasteiger partial charge on any atom is 0.202 e. The average Bonchev–Trinajstić information content (AvgIpc) is 2.29. The van der Waals surface area contributed by atoms with Gasteiger partial charge in [-0.05, 0) is 32.1 Å². The number of carbonyl (C=O) groups excluding carboxylic acids is 1. The third-order valence-corrected chi connectivity index (χ3v) is 4.53. The molecule has 0 amide bonds. The Morgan fingerprint density at radius 3 is 2.11 bits per heavy atom. The van der Waals surface area contributed by atoms with Gasteiger partial charge in [-0.15, -0.1) is 0 Å². The monoisotopic (exact) mass is 266 g/mol. The molecule has 0 aliphatic heterocycles. The van der Waals surface area contributed by atoms with Gasteiger partial charge in [0, 0.05) is 10.8 Å². The lowest BCUT2D eigenvalue weighted by Gasteiger charge is -2.06. The average molecular weight is 266 g/mol. The van der Waals surface area contributed by atoms with Crippen molar-refractivity contribution in [1.29, 1.82) is 0 Å². The van der Waals surface area contributed by atoms with E-state index < -0.39 is 9.84 Å². The highest BCUT2D eigenvalue weighted by atomic mass is 32.2. The van der Waals surface area contributed by atoms with Crippen molar-refractivity contribution in [2.45, 2.75) is 32.6 Å². The van der Waals surface area contributed by atoms with Crippen molar-refractivity contribution in [3.05, 3.63) is 40.8 Å². The number of allylic oxidation sites excluding steroid dienone is 2. The third kappa shape index (κ3) is 3.29. The summed E-state index contributed by atoms with van der Waals surface area (Å²) in [5, 5.41) is 0. The normalized spacial score (nSPS) is 12.8. The van der Waals surface area contributed by atoms with E-state index in [0.29, 0.717) is 0 Å². The quantitative estimate of drug-likeness (QED) is 0.787. The molecule has 0 unspecified atom stereocenters. The van der Waals surface area contributed by atoms with Crippen LogP contribution in [0.2, 0.25) is 0 Å². The predicted molar refractivity (Wildman–Crippen MR) is 72.0 cm³/mol. The van der Waals surface area contributed by atoms with Crippen molar-refractivity contribution in [1.82, 2.24) is 0 Å². The molecule has 0 aliphatic carbocycles. The van der Waals surface area contributed by atoms with Crippen molar-refractivity contribution >= 4 is 15.6 Å². The lowest BCUT2D eigenvalue weighted by atomic mass is 10.1. The van der Waals surface area contributed by atoms with Crippen molar-refractivity contribution in [3.8, 4) is 0 Å². The molecule has 0 aromatic heterocycles. The van der Waals surface area contributed by atoms with Gasteiger partial charge in [-0.25, -0.2) is 8.42 Å². The first-order valence-corrected chi connectivity index (χ1v) is 7.27. The Hall–Kier alpha value is -1.42. The molecular weight excluding hydrogens is 248 g/mol. The van der Waals surface area contributed by atoms with E-state index in [1.54, 1.807) is 38.1 Å². The van der Waals surface area contributed by atoms with Crippen LogP contribution in [0.15, 0.2) is 40.1 Å². The fourth-order valence-electron chi connectivity index (χ4n) is 1.35. The van der Waals surface area contributed by atoms with Gasteiger partial charge in [-0.1, -0.05) is 31.5 Å². The smallest absolute Gasteiger partial charge is 0.202 e. The van der Waals surface area contributed by atoms with Crippen LogP contribution in [0, 0.1) is 12.8 Å².